The Morgan fingerprint density at radius 2 is 1.82 bits per heavy atom. The molecule has 0 saturated carbocycles. The third kappa shape index (κ3) is 6.42. The van der Waals surface area contributed by atoms with Crippen molar-refractivity contribution in [3.8, 4) is 11.1 Å². The first-order chi connectivity index (χ1) is 20.7. The van der Waals surface area contributed by atoms with E-state index in [0.717, 1.165) is 12.1 Å². The Labute approximate surface area is 251 Å². The topological polar surface area (TPSA) is 158 Å². The number of aromatic nitrogens is 1. The van der Waals surface area contributed by atoms with E-state index in [1.807, 2.05) is 0 Å². The molecule has 1 atom stereocenters. The second-order valence-electron chi connectivity index (χ2n) is 11.2. The van der Waals surface area contributed by atoms with Crippen molar-refractivity contribution in [2.75, 3.05) is 13.2 Å². The van der Waals surface area contributed by atoms with Gasteiger partial charge in [-0.15, -0.1) is 0 Å². The summed E-state index contributed by atoms with van der Waals surface area (Å²) in [6.07, 6.45) is 0.0365. The van der Waals surface area contributed by atoms with Crippen LogP contribution in [-0.4, -0.2) is 51.7 Å². The van der Waals surface area contributed by atoms with E-state index in [-0.39, 0.29) is 46.7 Å². The molecule has 4 rings (SSSR count). The van der Waals surface area contributed by atoms with Gasteiger partial charge >= 0.3 is 17.9 Å². The highest BCUT2D eigenvalue weighted by molar-refractivity contribution is 6.04. The lowest BCUT2D eigenvalue weighted by Gasteiger charge is -2.33. The molecule has 0 amide bonds. The summed E-state index contributed by atoms with van der Waals surface area (Å²) in [5.41, 5.74) is -4.86. The van der Waals surface area contributed by atoms with Gasteiger partial charge in [0, 0.05) is 12.5 Å². The van der Waals surface area contributed by atoms with Crippen molar-refractivity contribution in [2.45, 2.75) is 58.1 Å². The van der Waals surface area contributed by atoms with E-state index in [1.54, 1.807) is 20.8 Å². The van der Waals surface area contributed by atoms with E-state index in [4.69, 9.17) is 9.47 Å². The number of rotatable bonds is 9. The maximum absolute atomic E-state index is 14.9. The molecule has 1 aliphatic heterocycles. The molecule has 2 N–H and O–H groups in total. The molecule has 2 aromatic carbocycles. The molecule has 2 heterocycles. The zero-order chi connectivity index (χ0) is 32.4. The van der Waals surface area contributed by atoms with E-state index < -0.39 is 63.3 Å². The molecular formula is C31H31F2N3O8. The predicted octanol–water partition coefficient (Wildman–Crippen LogP) is 5.32. The number of nitrogens with zero attached hydrogens (tertiary/aromatic N) is 2. The monoisotopic (exact) mass is 611 g/mol. The number of hydrogen-bond acceptors (Lipinski definition) is 9. The Hall–Kier alpha value is -4.78. The molecule has 232 valence electrons. The smallest absolute Gasteiger partial charge is 0.340 e. The number of esters is 2. The van der Waals surface area contributed by atoms with E-state index >= 15 is 0 Å². The number of ether oxygens (including phenoxy) is 2. The fraction of sp³-hybridized carbons (Fsp3) is 0.355. The van der Waals surface area contributed by atoms with Crippen molar-refractivity contribution in [2.24, 2.45) is 0 Å². The quantitative estimate of drug-likeness (QED) is 0.184. The first-order valence-corrected chi connectivity index (χ1v) is 13.8. The van der Waals surface area contributed by atoms with Crippen LogP contribution >= 0.6 is 0 Å². The highest BCUT2D eigenvalue weighted by Crippen LogP contribution is 2.44. The van der Waals surface area contributed by atoms with Gasteiger partial charge in [0.1, 0.15) is 22.9 Å². The van der Waals surface area contributed by atoms with Crippen molar-refractivity contribution in [1.29, 1.82) is 0 Å². The van der Waals surface area contributed by atoms with Crippen molar-refractivity contribution in [3.63, 3.8) is 0 Å². The van der Waals surface area contributed by atoms with Gasteiger partial charge < -0.3 is 14.6 Å². The maximum atomic E-state index is 14.9. The van der Waals surface area contributed by atoms with Gasteiger partial charge in [-0.3, -0.25) is 15.4 Å². The van der Waals surface area contributed by atoms with Gasteiger partial charge in [0.25, 0.3) is 5.69 Å². The summed E-state index contributed by atoms with van der Waals surface area (Å²) >= 11 is 0. The fourth-order valence-electron chi connectivity index (χ4n) is 5.14. The number of carbonyl (C=O) groups is 3. The number of nitrogens with one attached hydrogen (secondary N) is 1. The van der Waals surface area contributed by atoms with Crippen LogP contribution in [0.3, 0.4) is 0 Å². The molecule has 0 spiro atoms. The third-order valence-corrected chi connectivity index (χ3v) is 7.01. The summed E-state index contributed by atoms with van der Waals surface area (Å²) in [7, 11) is 0. The zero-order valence-electron chi connectivity index (χ0n) is 24.5. The van der Waals surface area contributed by atoms with E-state index in [0.29, 0.717) is 19.0 Å². The second-order valence-corrected chi connectivity index (χ2v) is 11.2. The largest absolute Gasteiger partial charge is 0.478 e. The summed E-state index contributed by atoms with van der Waals surface area (Å²) in [6.45, 7) is 6.68. The summed E-state index contributed by atoms with van der Waals surface area (Å²) in [4.78, 5) is 55.6. The van der Waals surface area contributed by atoms with E-state index in [1.165, 1.54) is 31.2 Å². The number of nitro groups is 1. The molecule has 0 aliphatic carbocycles. The van der Waals surface area contributed by atoms with Crippen LogP contribution < -0.4 is 5.32 Å². The second kappa shape index (κ2) is 12.4. The standard InChI is InChI=1S/C31H31F2N3O8/c1-5-43-28(39)24-23(17-7-9-18(10-8-17)27(37)38)25(36(41)42)22(15-19-11-12-20(32)16-21(19)33)35-26(24)31(13-6-14-34-31)29(40)44-30(2,3)4/h7-12,16,34H,5-6,13-15H2,1-4H3,(H,37,38)/t31-/m0/s1. The van der Waals surface area contributed by atoms with Crippen molar-refractivity contribution in [3.05, 3.63) is 92.3 Å². The molecule has 44 heavy (non-hydrogen) atoms. The number of benzene rings is 2. The Kier molecular flexibility index (Phi) is 9.09. The summed E-state index contributed by atoms with van der Waals surface area (Å²) in [5.74, 6) is -4.90. The van der Waals surface area contributed by atoms with Crippen LogP contribution in [0.4, 0.5) is 14.5 Å². The lowest BCUT2D eigenvalue weighted by molar-refractivity contribution is -0.385. The van der Waals surface area contributed by atoms with Crippen LogP contribution in [0.2, 0.25) is 0 Å². The van der Waals surface area contributed by atoms with Gasteiger partial charge in [-0.1, -0.05) is 18.2 Å². The molecule has 11 nitrogen and oxygen atoms in total. The average Bonchev–Trinajstić information content (AvgIpc) is 3.44. The van der Waals surface area contributed by atoms with Crippen molar-refractivity contribution < 1.29 is 42.7 Å². The van der Waals surface area contributed by atoms with Crippen LogP contribution in [0.1, 0.15) is 78.2 Å². The van der Waals surface area contributed by atoms with Gasteiger partial charge in [-0.05, 0) is 76.4 Å². The van der Waals surface area contributed by atoms with Crippen LogP contribution in [0.5, 0.6) is 0 Å². The molecule has 3 aromatic rings. The lowest BCUT2D eigenvalue weighted by Crippen LogP contribution is -2.50. The minimum absolute atomic E-state index is 0.0477. The number of carboxylic acid groups (broad SMARTS) is 1. The molecule has 0 radical (unpaired) electrons. The minimum Gasteiger partial charge on any atom is -0.478 e. The van der Waals surface area contributed by atoms with Gasteiger partial charge in [-0.2, -0.15) is 0 Å². The van der Waals surface area contributed by atoms with Crippen LogP contribution in [0.25, 0.3) is 11.1 Å². The minimum atomic E-state index is -1.75. The molecule has 1 aliphatic rings. The lowest BCUT2D eigenvalue weighted by atomic mass is 9.84. The molecular weight excluding hydrogens is 580 g/mol. The first kappa shape index (κ1) is 32.1. The Balaban J connectivity index is 2.16. The Morgan fingerprint density at radius 3 is 2.34 bits per heavy atom. The van der Waals surface area contributed by atoms with Gasteiger partial charge in [0.15, 0.2) is 5.54 Å². The molecule has 1 saturated heterocycles. The number of halogens is 2. The Morgan fingerprint density at radius 1 is 1.14 bits per heavy atom. The molecule has 1 fully saturated rings. The SMILES string of the molecule is CCOC(=O)c1c([C@]2(C(=O)OC(C)(C)C)CCCN2)nc(Cc2ccc(F)cc2F)c([N+](=O)[O-])c1-c1ccc(C(=O)O)cc1. The van der Waals surface area contributed by atoms with E-state index in [9.17, 15) is 38.4 Å². The fourth-order valence-corrected chi connectivity index (χ4v) is 5.14. The van der Waals surface area contributed by atoms with Gasteiger partial charge in [-0.25, -0.2) is 28.1 Å². The number of pyridine rings is 1. The normalized spacial score (nSPS) is 16.4. The van der Waals surface area contributed by atoms with Gasteiger partial charge in [0.2, 0.25) is 0 Å². The number of hydrogen-bond donors (Lipinski definition) is 2. The van der Waals surface area contributed by atoms with Crippen LogP contribution in [0.15, 0.2) is 42.5 Å². The predicted molar refractivity (Wildman–Crippen MR) is 153 cm³/mol. The molecule has 13 heteroatoms. The van der Waals surface area contributed by atoms with Crippen LogP contribution in [-0.2, 0) is 26.2 Å². The van der Waals surface area contributed by atoms with Crippen molar-refractivity contribution >= 4 is 23.6 Å². The Bertz CT molecular complexity index is 1630. The van der Waals surface area contributed by atoms with Crippen molar-refractivity contribution in [1.82, 2.24) is 10.3 Å². The average molecular weight is 612 g/mol. The maximum Gasteiger partial charge on any atom is 0.340 e. The first-order valence-electron chi connectivity index (χ1n) is 13.8. The highest BCUT2D eigenvalue weighted by Gasteiger charge is 2.51. The van der Waals surface area contributed by atoms with Crippen LogP contribution in [0, 0.1) is 21.7 Å². The molecule has 1 aromatic heterocycles. The van der Waals surface area contributed by atoms with Gasteiger partial charge in [0.05, 0.1) is 33.9 Å². The number of carboxylic acids is 1. The number of carbonyl (C=O) groups excluding carboxylic acids is 2. The molecule has 0 bridgehead atoms. The third-order valence-electron chi connectivity index (χ3n) is 7.01. The van der Waals surface area contributed by atoms with E-state index in [2.05, 4.69) is 10.3 Å². The summed E-state index contributed by atoms with van der Waals surface area (Å²) in [5, 5.41) is 25.3. The zero-order valence-corrected chi connectivity index (χ0v) is 24.5. The number of aromatic carboxylic acids is 1. The highest BCUT2D eigenvalue weighted by atomic mass is 19.1. The summed E-state index contributed by atoms with van der Waals surface area (Å²) < 4.78 is 39.6. The summed E-state index contributed by atoms with van der Waals surface area (Å²) in [6, 6.07) is 7.70. The molecule has 0 unspecified atom stereocenters.